The van der Waals surface area contributed by atoms with E-state index in [1.165, 1.54) is 0 Å². The van der Waals surface area contributed by atoms with Gasteiger partial charge in [-0.3, -0.25) is 0 Å². The van der Waals surface area contributed by atoms with Crippen LogP contribution >= 0.6 is 23.2 Å². The lowest BCUT2D eigenvalue weighted by atomic mass is 9.58. The predicted octanol–water partition coefficient (Wildman–Crippen LogP) is 4.54. The zero-order chi connectivity index (χ0) is 14.0. The third kappa shape index (κ3) is 2.46. The van der Waals surface area contributed by atoms with Crippen molar-refractivity contribution in [2.24, 2.45) is 5.41 Å². The van der Waals surface area contributed by atoms with E-state index in [2.05, 4.69) is 19.2 Å². The van der Waals surface area contributed by atoms with Gasteiger partial charge in [-0.05, 0) is 32.0 Å². The van der Waals surface area contributed by atoms with Crippen LogP contribution in [0.1, 0.15) is 33.1 Å². The molecule has 2 rings (SSSR count). The highest BCUT2D eigenvalue weighted by molar-refractivity contribution is 6.37. The van der Waals surface area contributed by atoms with E-state index in [0.717, 1.165) is 19.3 Å². The Morgan fingerprint density at radius 1 is 1.26 bits per heavy atom. The van der Waals surface area contributed by atoms with Crippen LogP contribution in [0.4, 0.5) is 0 Å². The van der Waals surface area contributed by atoms with Crippen molar-refractivity contribution < 1.29 is 4.74 Å². The van der Waals surface area contributed by atoms with Gasteiger partial charge in [-0.25, -0.2) is 0 Å². The van der Waals surface area contributed by atoms with Crippen molar-refractivity contribution in [3.8, 4) is 5.75 Å². The molecule has 0 heterocycles. The Hall–Kier alpha value is -0.440. The fourth-order valence-electron chi connectivity index (χ4n) is 3.25. The van der Waals surface area contributed by atoms with Gasteiger partial charge in [0, 0.05) is 17.9 Å². The second-order valence-corrected chi connectivity index (χ2v) is 5.99. The minimum Gasteiger partial charge on any atom is -0.487 e. The third-order valence-corrected chi connectivity index (χ3v) is 5.22. The minimum absolute atomic E-state index is 0.178. The van der Waals surface area contributed by atoms with Crippen LogP contribution in [0, 0.1) is 5.41 Å². The van der Waals surface area contributed by atoms with E-state index < -0.39 is 0 Å². The fraction of sp³-hybridized carbons (Fsp3) is 0.600. The van der Waals surface area contributed by atoms with Gasteiger partial charge in [0.2, 0.25) is 0 Å². The van der Waals surface area contributed by atoms with Crippen LogP contribution in [-0.2, 0) is 0 Å². The first kappa shape index (κ1) is 15.0. The summed E-state index contributed by atoms with van der Waals surface area (Å²) in [5, 5.41) is 4.56. The maximum atomic E-state index is 6.18. The maximum Gasteiger partial charge on any atom is 0.156 e. The Balaban J connectivity index is 2.20. The monoisotopic (exact) mass is 301 g/mol. The first-order valence-corrected chi connectivity index (χ1v) is 7.62. The zero-order valence-corrected chi connectivity index (χ0v) is 13.2. The lowest BCUT2D eigenvalue weighted by Gasteiger charge is -2.55. The van der Waals surface area contributed by atoms with Gasteiger partial charge in [0.15, 0.2) is 5.75 Å². The zero-order valence-electron chi connectivity index (χ0n) is 11.7. The van der Waals surface area contributed by atoms with Crippen molar-refractivity contribution in [3.05, 3.63) is 28.2 Å². The SMILES string of the molecule is CCC1(CC)C(NC)CC1Oc1c(Cl)cccc1Cl. The quantitative estimate of drug-likeness (QED) is 0.862. The number of benzene rings is 1. The van der Waals surface area contributed by atoms with E-state index in [4.69, 9.17) is 27.9 Å². The molecule has 0 aromatic heterocycles. The lowest BCUT2D eigenvalue weighted by molar-refractivity contribution is -0.0834. The van der Waals surface area contributed by atoms with Crippen molar-refractivity contribution in [2.45, 2.75) is 45.3 Å². The topological polar surface area (TPSA) is 21.3 Å². The summed E-state index contributed by atoms with van der Waals surface area (Å²) in [6.45, 7) is 4.44. The molecule has 2 nitrogen and oxygen atoms in total. The molecule has 0 saturated heterocycles. The van der Waals surface area contributed by atoms with E-state index in [1.807, 2.05) is 25.2 Å². The van der Waals surface area contributed by atoms with Crippen molar-refractivity contribution in [3.63, 3.8) is 0 Å². The van der Waals surface area contributed by atoms with Crippen LogP contribution in [0.5, 0.6) is 5.75 Å². The maximum absolute atomic E-state index is 6.18. The first-order chi connectivity index (χ1) is 9.08. The molecule has 0 bridgehead atoms. The Bertz CT molecular complexity index is 426. The summed E-state index contributed by atoms with van der Waals surface area (Å²) < 4.78 is 6.14. The van der Waals surface area contributed by atoms with Gasteiger partial charge in [0.1, 0.15) is 6.10 Å². The summed E-state index contributed by atoms with van der Waals surface area (Å²) in [5.41, 5.74) is 0.178. The number of para-hydroxylation sites is 1. The molecule has 19 heavy (non-hydrogen) atoms. The Kier molecular flexibility index (Phi) is 4.65. The number of ether oxygens (including phenoxy) is 1. The molecule has 1 aliphatic carbocycles. The van der Waals surface area contributed by atoms with Gasteiger partial charge in [-0.2, -0.15) is 0 Å². The highest BCUT2D eigenvalue weighted by Crippen LogP contribution is 2.50. The molecule has 0 amide bonds. The van der Waals surface area contributed by atoms with E-state index in [1.54, 1.807) is 0 Å². The van der Waals surface area contributed by atoms with Gasteiger partial charge >= 0.3 is 0 Å². The molecular weight excluding hydrogens is 281 g/mol. The number of hydrogen-bond acceptors (Lipinski definition) is 2. The first-order valence-electron chi connectivity index (χ1n) is 6.87. The normalized spacial score (nSPS) is 24.9. The average Bonchev–Trinajstić information content (AvgIpc) is 2.38. The number of nitrogens with one attached hydrogen (secondary N) is 1. The fourth-order valence-corrected chi connectivity index (χ4v) is 3.74. The van der Waals surface area contributed by atoms with E-state index in [9.17, 15) is 0 Å². The van der Waals surface area contributed by atoms with Crippen molar-refractivity contribution in [1.82, 2.24) is 5.32 Å². The summed E-state index contributed by atoms with van der Waals surface area (Å²) in [6, 6.07) is 5.98. The van der Waals surface area contributed by atoms with Crippen LogP contribution in [0.3, 0.4) is 0 Å². The highest BCUT2D eigenvalue weighted by atomic mass is 35.5. The standard InChI is InChI=1S/C15H21Cl2NO/c1-4-15(5-2)12(18-3)9-13(15)19-14-10(16)7-6-8-11(14)17/h6-8,12-13,18H,4-5,9H2,1-3H3. The number of halogens is 2. The van der Waals surface area contributed by atoms with Crippen molar-refractivity contribution in [1.29, 1.82) is 0 Å². The largest absolute Gasteiger partial charge is 0.487 e. The van der Waals surface area contributed by atoms with Crippen LogP contribution in [0.25, 0.3) is 0 Å². The second kappa shape index (κ2) is 5.90. The average molecular weight is 302 g/mol. The molecule has 1 saturated carbocycles. The molecule has 106 valence electrons. The van der Waals surface area contributed by atoms with Crippen LogP contribution in [-0.4, -0.2) is 19.2 Å². The van der Waals surface area contributed by atoms with Crippen molar-refractivity contribution in [2.75, 3.05) is 7.05 Å². The summed E-state index contributed by atoms with van der Waals surface area (Å²) in [5.74, 6) is 0.622. The van der Waals surface area contributed by atoms with E-state index in [0.29, 0.717) is 21.8 Å². The highest BCUT2D eigenvalue weighted by Gasteiger charge is 2.53. The van der Waals surface area contributed by atoms with Crippen molar-refractivity contribution >= 4 is 23.2 Å². The summed E-state index contributed by atoms with van der Waals surface area (Å²) >= 11 is 12.4. The lowest BCUT2D eigenvalue weighted by Crippen LogP contribution is -2.63. The smallest absolute Gasteiger partial charge is 0.156 e. The predicted molar refractivity (Wildman–Crippen MR) is 81.4 cm³/mol. The van der Waals surface area contributed by atoms with Crippen LogP contribution < -0.4 is 10.1 Å². The third-order valence-electron chi connectivity index (χ3n) is 4.63. The van der Waals surface area contributed by atoms with Gasteiger partial charge in [-0.1, -0.05) is 43.1 Å². The van der Waals surface area contributed by atoms with E-state index in [-0.39, 0.29) is 11.5 Å². The Labute approximate surface area is 125 Å². The molecule has 4 heteroatoms. The van der Waals surface area contributed by atoms with Gasteiger partial charge in [0.05, 0.1) is 10.0 Å². The molecule has 1 aliphatic rings. The molecule has 1 aromatic carbocycles. The molecule has 1 fully saturated rings. The van der Waals surface area contributed by atoms with Gasteiger partial charge in [-0.15, -0.1) is 0 Å². The van der Waals surface area contributed by atoms with Gasteiger partial charge < -0.3 is 10.1 Å². The minimum atomic E-state index is 0.178. The van der Waals surface area contributed by atoms with E-state index >= 15 is 0 Å². The summed E-state index contributed by atoms with van der Waals surface area (Å²) in [7, 11) is 2.02. The molecule has 2 unspecified atom stereocenters. The number of rotatable bonds is 5. The molecule has 0 radical (unpaired) electrons. The van der Waals surface area contributed by atoms with Crippen LogP contribution in [0.2, 0.25) is 10.0 Å². The Morgan fingerprint density at radius 3 is 2.32 bits per heavy atom. The molecular formula is C15H21Cl2NO. The van der Waals surface area contributed by atoms with Crippen LogP contribution in [0.15, 0.2) is 18.2 Å². The molecule has 2 atom stereocenters. The Morgan fingerprint density at radius 2 is 1.84 bits per heavy atom. The van der Waals surface area contributed by atoms with Gasteiger partial charge in [0.25, 0.3) is 0 Å². The molecule has 0 aliphatic heterocycles. The summed E-state index contributed by atoms with van der Waals surface area (Å²) in [4.78, 5) is 0. The second-order valence-electron chi connectivity index (χ2n) is 5.17. The summed E-state index contributed by atoms with van der Waals surface area (Å²) in [6.07, 6.45) is 3.35. The molecule has 1 aromatic rings. The molecule has 0 spiro atoms. The number of hydrogen-bond donors (Lipinski definition) is 1. The molecule has 1 N–H and O–H groups in total.